The second-order valence-corrected chi connectivity index (χ2v) is 7.45. The molecule has 2 N–H and O–H groups in total. The third-order valence-electron chi connectivity index (χ3n) is 4.23. The van der Waals surface area contributed by atoms with Crippen LogP contribution in [0.25, 0.3) is 0 Å². The van der Waals surface area contributed by atoms with Crippen LogP contribution in [-0.4, -0.2) is 61.0 Å². The Balaban J connectivity index is 0.00000338. The van der Waals surface area contributed by atoms with Gasteiger partial charge in [-0.25, -0.2) is 4.39 Å². The van der Waals surface area contributed by atoms with Crippen LogP contribution in [0.4, 0.5) is 4.39 Å². The number of guanidine groups is 1. The van der Waals surface area contributed by atoms with Crippen LogP contribution < -0.4 is 10.6 Å². The SMILES string of the molecule is CCC1CN(C(=NC)NCCNC(=O)c2ccc(C)c(F)c2)CCS1.I. The Labute approximate surface area is 176 Å². The van der Waals surface area contributed by atoms with Crippen LogP contribution in [0.15, 0.2) is 23.2 Å². The Bertz CT molecular complexity index is 629. The van der Waals surface area contributed by atoms with E-state index < -0.39 is 0 Å². The van der Waals surface area contributed by atoms with Gasteiger partial charge in [0.25, 0.3) is 5.91 Å². The average Bonchev–Trinajstić information content (AvgIpc) is 2.63. The summed E-state index contributed by atoms with van der Waals surface area (Å²) in [6.07, 6.45) is 1.15. The first kappa shape index (κ1) is 23.0. The molecule has 0 bridgehead atoms. The number of carbonyl (C=O) groups excluding carboxylic acids is 1. The molecule has 0 aliphatic carbocycles. The summed E-state index contributed by atoms with van der Waals surface area (Å²) >= 11 is 2.01. The summed E-state index contributed by atoms with van der Waals surface area (Å²) in [6, 6.07) is 4.52. The van der Waals surface area contributed by atoms with E-state index in [1.54, 1.807) is 26.1 Å². The average molecular weight is 494 g/mol. The van der Waals surface area contributed by atoms with Gasteiger partial charge < -0.3 is 15.5 Å². The van der Waals surface area contributed by atoms with Crippen molar-refractivity contribution in [1.29, 1.82) is 0 Å². The molecule has 1 aromatic rings. The lowest BCUT2D eigenvalue weighted by molar-refractivity contribution is 0.0954. The number of carbonyl (C=O) groups is 1. The molecule has 1 amide bonds. The summed E-state index contributed by atoms with van der Waals surface area (Å²) < 4.78 is 13.5. The molecule has 2 rings (SSSR count). The zero-order valence-electron chi connectivity index (χ0n) is 15.5. The number of nitrogens with one attached hydrogen (secondary N) is 2. The third kappa shape index (κ3) is 6.61. The van der Waals surface area contributed by atoms with E-state index in [2.05, 4.69) is 27.4 Å². The van der Waals surface area contributed by atoms with Gasteiger partial charge in [0.15, 0.2) is 5.96 Å². The van der Waals surface area contributed by atoms with Crippen LogP contribution in [-0.2, 0) is 0 Å². The van der Waals surface area contributed by atoms with Crippen LogP contribution >= 0.6 is 35.7 Å². The number of thioether (sulfide) groups is 1. The molecule has 0 radical (unpaired) electrons. The van der Waals surface area contributed by atoms with Crippen molar-refractivity contribution in [1.82, 2.24) is 15.5 Å². The highest BCUT2D eigenvalue weighted by atomic mass is 127. The van der Waals surface area contributed by atoms with Gasteiger partial charge in [-0.15, -0.1) is 24.0 Å². The molecule has 0 aromatic heterocycles. The second kappa shape index (κ2) is 11.6. The van der Waals surface area contributed by atoms with Crippen LogP contribution in [0.3, 0.4) is 0 Å². The molecular weight excluding hydrogens is 466 g/mol. The molecule has 1 atom stereocenters. The van der Waals surface area contributed by atoms with E-state index in [1.807, 2.05) is 11.8 Å². The van der Waals surface area contributed by atoms with Crippen molar-refractivity contribution in [2.45, 2.75) is 25.5 Å². The van der Waals surface area contributed by atoms with Crippen molar-refractivity contribution in [3.05, 3.63) is 35.1 Å². The number of nitrogens with zero attached hydrogens (tertiary/aromatic N) is 2. The van der Waals surface area contributed by atoms with Crippen molar-refractivity contribution in [2.75, 3.05) is 39.0 Å². The number of amides is 1. The van der Waals surface area contributed by atoms with E-state index in [4.69, 9.17) is 0 Å². The monoisotopic (exact) mass is 494 g/mol. The highest BCUT2D eigenvalue weighted by Gasteiger charge is 2.21. The number of aryl methyl sites for hydroxylation is 1. The molecule has 8 heteroatoms. The highest BCUT2D eigenvalue weighted by Crippen LogP contribution is 2.20. The quantitative estimate of drug-likeness (QED) is 0.286. The summed E-state index contributed by atoms with van der Waals surface area (Å²) in [5, 5.41) is 6.73. The van der Waals surface area contributed by atoms with E-state index in [9.17, 15) is 9.18 Å². The number of hydrogen-bond acceptors (Lipinski definition) is 3. The van der Waals surface area contributed by atoms with E-state index in [-0.39, 0.29) is 35.7 Å². The lowest BCUT2D eigenvalue weighted by Gasteiger charge is -2.34. The Kier molecular flexibility index (Phi) is 10.3. The smallest absolute Gasteiger partial charge is 0.251 e. The molecule has 1 aliphatic heterocycles. The first-order valence-corrected chi connectivity index (χ1v) is 9.71. The van der Waals surface area contributed by atoms with E-state index >= 15 is 0 Å². The summed E-state index contributed by atoms with van der Waals surface area (Å²) in [6.45, 7) is 6.89. The zero-order chi connectivity index (χ0) is 18.2. The molecule has 0 spiro atoms. The molecule has 146 valence electrons. The topological polar surface area (TPSA) is 56.7 Å². The van der Waals surface area contributed by atoms with Gasteiger partial charge in [0, 0.05) is 49.8 Å². The fraction of sp³-hybridized carbons (Fsp3) is 0.556. The predicted molar refractivity (Wildman–Crippen MR) is 118 cm³/mol. The number of benzene rings is 1. The predicted octanol–water partition coefficient (Wildman–Crippen LogP) is 2.88. The standard InChI is InChI=1S/C18H27FN4OS.HI/c1-4-15-12-23(9-10-25-15)18(20-3)22-8-7-21-17(24)14-6-5-13(2)16(19)11-14;/h5-6,11,15H,4,7-10,12H2,1-3H3,(H,20,22)(H,21,24);1H. The van der Waals surface area contributed by atoms with Gasteiger partial charge in [0.1, 0.15) is 5.82 Å². The molecule has 1 fully saturated rings. The van der Waals surface area contributed by atoms with Crippen molar-refractivity contribution in [2.24, 2.45) is 4.99 Å². The van der Waals surface area contributed by atoms with Gasteiger partial charge in [-0.1, -0.05) is 13.0 Å². The largest absolute Gasteiger partial charge is 0.354 e. The Morgan fingerprint density at radius 1 is 1.38 bits per heavy atom. The number of rotatable bonds is 5. The molecule has 0 saturated carbocycles. The summed E-state index contributed by atoms with van der Waals surface area (Å²) in [7, 11) is 1.78. The lowest BCUT2D eigenvalue weighted by Crippen LogP contribution is -2.49. The van der Waals surface area contributed by atoms with Gasteiger partial charge >= 0.3 is 0 Å². The maximum absolute atomic E-state index is 13.5. The highest BCUT2D eigenvalue weighted by molar-refractivity contribution is 14.0. The van der Waals surface area contributed by atoms with Gasteiger partial charge in [-0.2, -0.15) is 11.8 Å². The van der Waals surface area contributed by atoms with Gasteiger partial charge in [0.2, 0.25) is 0 Å². The minimum absolute atomic E-state index is 0. The summed E-state index contributed by atoms with van der Waals surface area (Å²) in [5.74, 6) is 1.35. The fourth-order valence-corrected chi connectivity index (χ4v) is 3.86. The van der Waals surface area contributed by atoms with E-state index in [0.29, 0.717) is 29.5 Å². The van der Waals surface area contributed by atoms with Gasteiger partial charge in [-0.05, 0) is 31.0 Å². The maximum Gasteiger partial charge on any atom is 0.251 e. The summed E-state index contributed by atoms with van der Waals surface area (Å²) in [5.41, 5.74) is 0.874. The molecule has 1 aromatic carbocycles. The Morgan fingerprint density at radius 3 is 2.77 bits per heavy atom. The van der Waals surface area contributed by atoms with Crippen molar-refractivity contribution >= 4 is 47.6 Å². The Hall–Kier alpha value is -1.03. The first-order chi connectivity index (χ1) is 12.0. The normalized spacial score (nSPS) is 17.5. The van der Waals surface area contributed by atoms with Crippen LogP contribution in [0.5, 0.6) is 0 Å². The molecule has 26 heavy (non-hydrogen) atoms. The van der Waals surface area contributed by atoms with Crippen LogP contribution in [0.2, 0.25) is 0 Å². The maximum atomic E-state index is 13.5. The molecule has 1 saturated heterocycles. The minimum Gasteiger partial charge on any atom is -0.354 e. The Morgan fingerprint density at radius 2 is 2.12 bits per heavy atom. The number of hydrogen-bond donors (Lipinski definition) is 2. The first-order valence-electron chi connectivity index (χ1n) is 8.66. The van der Waals surface area contributed by atoms with Gasteiger partial charge in [-0.3, -0.25) is 9.79 Å². The molecule has 1 aliphatic rings. The summed E-state index contributed by atoms with van der Waals surface area (Å²) in [4.78, 5) is 18.7. The van der Waals surface area contributed by atoms with E-state index in [1.165, 1.54) is 6.07 Å². The molecule has 1 unspecified atom stereocenters. The zero-order valence-corrected chi connectivity index (χ0v) is 18.7. The molecule has 1 heterocycles. The minimum atomic E-state index is -0.361. The number of halogens is 2. The van der Waals surface area contributed by atoms with Crippen molar-refractivity contribution in [3.63, 3.8) is 0 Å². The van der Waals surface area contributed by atoms with E-state index in [0.717, 1.165) is 31.2 Å². The molecule has 5 nitrogen and oxygen atoms in total. The van der Waals surface area contributed by atoms with Crippen LogP contribution in [0, 0.1) is 12.7 Å². The lowest BCUT2D eigenvalue weighted by atomic mass is 10.1. The van der Waals surface area contributed by atoms with Gasteiger partial charge in [0.05, 0.1) is 0 Å². The van der Waals surface area contributed by atoms with Crippen LogP contribution in [0.1, 0.15) is 29.3 Å². The van der Waals surface area contributed by atoms with Crippen molar-refractivity contribution < 1.29 is 9.18 Å². The third-order valence-corrected chi connectivity index (χ3v) is 5.61. The molecular formula is C18H28FIN4OS. The second-order valence-electron chi connectivity index (χ2n) is 6.04. The number of aliphatic imine (C=N–C) groups is 1. The van der Waals surface area contributed by atoms with Crippen molar-refractivity contribution in [3.8, 4) is 0 Å². The fourth-order valence-electron chi connectivity index (χ4n) is 2.68.